The second-order valence-corrected chi connectivity index (χ2v) is 10.4. The Balaban J connectivity index is 1.36. The third kappa shape index (κ3) is 10.1. The molecule has 3 heteroatoms. The van der Waals surface area contributed by atoms with Gasteiger partial charge in [-0.2, -0.15) is 0 Å². The van der Waals surface area contributed by atoms with Gasteiger partial charge in [-0.25, -0.2) is 0 Å². The van der Waals surface area contributed by atoms with Gasteiger partial charge in [-0.1, -0.05) is 142 Å². The normalized spacial score (nSPS) is 11.8. The third-order valence-electron chi connectivity index (χ3n) is 7.14. The summed E-state index contributed by atoms with van der Waals surface area (Å²) in [7, 11) is 1.65. The van der Waals surface area contributed by atoms with E-state index in [0.717, 1.165) is 46.4 Å². The van der Waals surface area contributed by atoms with Gasteiger partial charge >= 0.3 is 0 Å². The number of allylic oxidation sites excluding steroid dienone is 7. The lowest BCUT2D eigenvalue weighted by atomic mass is 10.1. The van der Waals surface area contributed by atoms with Gasteiger partial charge in [-0.15, -0.1) is 0 Å². The average Bonchev–Trinajstić information content (AvgIpc) is 3.07. The Morgan fingerprint density at radius 2 is 1.25 bits per heavy atom. The van der Waals surface area contributed by atoms with Crippen molar-refractivity contribution in [1.29, 1.82) is 0 Å². The van der Waals surface area contributed by atoms with E-state index in [2.05, 4.69) is 69.0 Å². The quantitative estimate of drug-likeness (QED) is 0.131. The van der Waals surface area contributed by atoms with E-state index < -0.39 is 0 Å². The zero-order valence-electron chi connectivity index (χ0n) is 26.0. The monoisotopic (exact) mass is 582 g/mol. The van der Waals surface area contributed by atoms with E-state index in [4.69, 9.17) is 14.2 Å². The minimum Gasteiger partial charge on any atom is -0.493 e. The second kappa shape index (κ2) is 17.2. The summed E-state index contributed by atoms with van der Waals surface area (Å²) in [4.78, 5) is 0. The van der Waals surface area contributed by atoms with E-state index in [1.807, 2.05) is 91.0 Å². The maximum Gasteiger partial charge on any atom is 0.162 e. The average molecular weight is 583 g/mol. The van der Waals surface area contributed by atoms with Crippen molar-refractivity contribution in [2.45, 2.75) is 39.9 Å². The molecule has 0 aliphatic carbocycles. The summed E-state index contributed by atoms with van der Waals surface area (Å²) in [5.74, 6) is 2.36. The van der Waals surface area contributed by atoms with Crippen LogP contribution in [0.15, 0.2) is 145 Å². The fourth-order valence-electron chi connectivity index (χ4n) is 4.53. The number of hydrogen-bond donors (Lipinski definition) is 0. The lowest BCUT2D eigenvalue weighted by molar-refractivity contribution is 0.284. The molecule has 0 fully saturated rings. The Kier molecular flexibility index (Phi) is 12.5. The topological polar surface area (TPSA) is 27.7 Å². The molecule has 0 amide bonds. The number of methoxy groups -OCH3 is 1. The van der Waals surface area contributed by atoms with Crippen LogP contribution < -0.4 is 14.2 Å². The minimum atomic E-state index is 0.480. The summed E-state index contributed by atoms with van der Waals surface area (Å²) >= 11 is 0. The van der Waals surface area contributed by atoms with E-state index in [9.17, 15) is 0 Å². The van der Waals surface area contributed by atoms with Crippen LogP contribution in [0.2, 0.25) is 0 Å². The fraction of sp³-hybridized carbons (Fsp3) is 0.171. The van der Waals surface area contributed by atoms with E-state index in [1.54, 1.807) is 7.11 Å². The van der Waals surface area contributed by atoms with Crippen LogP contribution in [-0.2, 0) is 19.6 Å². The molecule has 0 aliphatic rings. The molecule has 0 aromatic heterocycles. The van der Waals surface area contributed by atoms with Crippen molar-refractivity contribution in [2.75, 3.05) is 7.11 Å². The first-order chi connectivity index (χ1) is 21.6. The summed E-state index contributed by atoms with van der Waals surface area (Å²) in [5, 5.41) is 0. The van der Waals surface area contributed by atoms with Gasteiger partial charge in [0.15, 0.2) is 11.5 Å². The molecule has 0 saturated heterocycles. The van der Waals surface area contributed by atoms with Crippen LogP contribution in [0, 0.1) is 0 Å². The van der Waals surface area contributed by atoms with Gasteiger partial charge in [0.05, 0.1) is 7.11 Å². The van der Waals surface area contributed by atoms with Crippen LogP contribution in [0.1, 0.15) is 48.1 Å². The molecule has 4 aromatic carbocycles. The summed E-state index contributed by atoms with van der Waals surface area (Å²) < 4.78 is 17.7. The van der Waals surface area contributed by atoms with Crippen molar-refractivity contribution in [3.8, 4) is 17.2 Å². The van der Waals surface area contributed by atoms with Crippen molar-refractivity contribution >= 4 is 12.2 Å². The van der Waals surface area contributed by atoms with Crippen LogP contribution in [0.3, 0.4) is 0 Å². The van der Waals surface area contributed by atoms with E-state index in [-0.39, 0.29) is 0 Å². The van der Waals surface area contributed by atoms with E-state index in [1.165, 1.54) is 11.1 Å². The summed E-state index contributed by atoms with van der Waals surface area (Å²) in [5.41, 5.74) is 7.74. The Morgan fingerprint density at radius 1 is 0.659 bits per heavy atom. The van der Waals surface area contributed by atoms with Crippen LogP contribution in [0.5, 0.6) is 17.2 Å². The maximum absolute atomic E-state index is 6.19. The predicted molar refractivity (Wildman–Crippen MR) is 185 cm³/mol. The number of benzene rings is 4. The van der Waals surface area contributed by atoms with Gasteiger partial charge in [-0.3, -0.25) is 0 Å². The lowest BCUT2D eigenvalue weighted by Crippen LogP contribution is -1.98. The highest BCUT2D eigenvalue weighted by Crippen LogP contribution is 2.29. The molecule has 0 atom stereocenters. The molecular formula is C41H42O3. The molecule has 0 radical (unpaired) electrons. The summed E-state index contributed by atoms with van der Waals surface area (Å²) in [6.07, 6.45) is 16.4. The Morgan fingerprint density at radius 3 is 1.86 bits per heavy atom. The maximum atomic E-state index is 6.19. The fourth-order valence-corrected chi connectivity index (χ4v) is 4.53. The number of hydrogen-bond acceptors (Lipinski definition) is 3. The largest absolute Gasteiger partial charge is 0.493 e. The molecule has 44 heavy (non-hydrogen) atoms. The SMILES string of the molecule is C=C(\C=C/C=C(/C=C/c1ccc(CC)c(OCc2ccccc2)c1)CC)/C=C/c1ccc(OC)c(OCc2ccccc2)c1. The van der Waals surface area contributed by atoms with Crippen LogP contribution in [0.4, 0.5) is 0 Å². The molecule has 4 aromatic rings. The van der Waals surface area contributed by atoms with Gasteiger partial charge in [0.1, 0.15) is 19.0 Å². The molecule has 0 unspecified atom stereocenters. The number of ether oxygens (including phenoxy) is 3. The molecule has 3 nitrogen and oxygen atoms in total. The van der Waals surface area contributed by atoms with Crippen LogP contribution >= 0.6 is 0 Å². The summed E-state index contributed by atoms with van der Waals surface area (Å²) in [6.45, 7) is 9.55. The first kappa shape index (κ1) is 31.9. The number of aryl methyl sites for hydroxylation is 1. The zero-order valence-corrected chi connectivity index (χ0v) is 26.0. The molecule has 0 spiro atoms. The van der Waals surface area contributed by atoms with Crippen molar-refractivity contribution in [1.82, 2.24) is 0 Å². The van der Waals surface area contributed by atoms with E-state index >= 15 is 0 Å². The van der Waals surface area contributed by atoms with Gasteiger partial charge in [0, 0.05) is 0 Å². The van der Waals surface area contributed by atoms with Crippen molar-refractivity contribution in [2.24, 2.45) is 0 Å². The molecule has 224 valence electrons. The Bertz CT molecular complexity index is 1610. The number of rotatable bonds is 15. The smallest absolute Gasteiger partial charge is 0.162 e. The first-order valence-electron chi connectivity index (χ1n) is 15.1. The summed E-state index contributed by atoms with van der Waals surface area (Å²) in [6, 6.07) is 32.7. The first-order valence-corrected chi connectivity index (χ1v) is 15.1. The van der Waals surface area contributed by atoms with Gasteiger partial charge < -0.3 is 14.2 Å². The Labute approximate surface area is 263 Å². The predicted octanol–water partition coefficient (Wildman–Crippen LogP) is 10.6. The van der Waals surface area contributed by atoms with Gasteiger partial charge in [0.2, 0.25) is 0 Å². The molecule has 0 bridgehead atoms. The van der Waals surface area contributed by atoms with Gasteiger partial charge in [-0.05, 0) is 70.0 Å². The van der Waals surface area contributed by atoms with Crippen LogP contribution in [-0.4, -0.2) is 7.11 Å². The molecule has 0 saturated carbocycles. The zero-order chi connectivity index (χ0) is 31.0. The highest BCUT2D eigenvalue weighted by atomic mass is 16.5. The lowest BCUT2D eigenvalue weighted by Gasteiger charge is -2.11. The Hall–Kier alpha value is -5.02. The highest BCUT2D eigenvalue weighted by molar-refractivity contribution is 5.59. The standard InChI is InChI=1S/C41H42O3/c1-5-33(22-23-35-24-26-38(6-2)40(28-35)43-30-36-15-9-7-10-16-36)19-13-14-32(3)20-21-34-25-27-39(42-4)41(29-34)44-31-37-17-11-8-12-18-37/h7-29H,3,5-6,30-31H2,1-2,4H3/b14-13-,21-20+,23-22+,33-19+. The van der Waals surface area contributed by atoms with Crippen molar-refractivity contribution in [3.63, 3.8) is 0 Å². The molecule has 4 rings (SSSR count). The molecular weight excluding hydrogens is 540 g/mol. The second-order valence-electron chi connectivity index (χ2n) is 10.4. The highest BCUT2D eigenvalue weighted by Gasteiger charge is 2.06. The van der Waals surface area contributed by atoms with Gasteiger partial charge in [0.25, 0.3) is 0 Å². The minimum absolute atomic E-state index is 0.480. The van der Waals surface area contributed by atoms with Crippen molar-refractivity contribution in [3.05, 3.63) is 173 Å². The molecule has 0 aliphatic heterocycles. The van der Waals surface area contributed by atoms with E-state index in [0.29, 0.717) is 24.7 Å². The molecule has 0 N–H and O–H groups in total. The van der Waals surface area contributed by atoms with Crippen molar-refractivity contribution < 1.29 is 14.2 Å². The third-order valence-corrected chi connectivity index (χ3v) is 7.14. The van der Waals surface area contributed by atoms with Crippen LogP contribution in [0.25, 0.3) is 12.2 Å². The molecule has 0 heterocycles.